The average Bonchev–Trinajstić information content (AvgIpc) is 2.89. The molecule has 2 aliphatic rings. The van der Waals surface area contributed by atoms with Crippen LogP contribution in [0.15, 0.2) is 12.2 Å². The molecule has 0 aromatic carbocycles. The Bertz CT molecular complexity index is 300. The molecule has 0 atom stereocenters. The van der Waals surface area contributed by atoms with E-state index in [1.807, 2.05) is 0 Å². The van der Waals surface area contributed by atoms with Gasteiger partial charge in [0.15, 0.2) is 0 Å². The fourth-order valence-corrected chi connectivity index (χ4v) is 3.37. The van der Waals surface area contributed by atoms with Crippen LogP contribution in [0.25, 0.3) is 0 Å². The van der Waals surface area contributed by atoms with Crippen molar-refractivity contribution in [1.82, 2.24) is 4.90 Å². The lowest BCUT2D eigenvalue weighted by molar-refractivity contribution is -0.115. The summed E-state index contributed by atoms with van der Waals surface area (Å²) in [5, 5.41) is 0. The van der Waals surface area contributed by atoms with E-state index < -0.39 is 0 Å². The van der Waals surface area contributed by atoms with Crippen LogP contribution in [0.1, 0.15) is 44.9 Å². The topological polar surface area (TPSA) is 46.3 Å². The smallest absolute Gasteiger partial charge is 0.244 e. The summed E-state index contributed by atoms with van der Waals surface area (Å²) >= 11 is 0. The van der Waals surface area contributed by atoms with Crippen LogP contribution in [0, 0.1) is 11.8 Å². The van der Waals surface area contributed by atoms with Gasteiger partial charge in [-0.2, -0.15) is 0 Å². The number of carbonyl (C=O) groups excluding carboxylic acids is 1. The van der Waals surface area contributed by atoms with Gasteiger partial charge in [0.25, 0.3) is 0 Å². The summed E-state index contributed by atoms with van der Waals surface area (Å²) < 4.78 is 0. The summed E-state index contributed by atoms with van der Waals surface area (Å²) in [5.74, 6) is 0.980. The van der Waals surface area contributed by atoms with Crippen molar-refractivity contribution in [1.29, 1.82) is 0 Å². The first kappa shape index (κ1) is 13.6. The van der Waals surface area contributed by atoms with Gasteiger partial charge in [-0.05, 0) is 50.7 Å². The van der Waals surface area contributed by atoms with E-state index in [0.29, 0.717) is 11.5 Å². The van der Waals surface area contributed by atoms with E-state index in [1.165, 1.54) is 38.6 Å². The van der Waals surface area contributed by atoms with Crippen LogP contribution < -0.4 is 5.73 Å². The molecule has 1 aliphatic heterocycles. The molecule has 0 spiro atoms. The quantitative estimate of drug-likeness (QED) is 0.761. The molecule has 3 heteroatoms. The standard InChI is InChI=1S/C15H26N2O/c1-12(15(16)18)14-7-10-17(11-8-14)9-6-13-4-2-3-5-13/h13-14H,1-11H2,(H2,16,18). The Labute approximate surface area is 110 Å². The van der Waals surface area contributed by atoms with Crippen molar-refractivity contribution in [2.45, 2.75) is 44.9 Å². The normalized spacial score (nSPS) is 23.3. The van der Waals surface area contributed by atoms with Gasteiger partial charge in [-0.25, -0.2) is 0 Å². The van der Waals surface area contributed by atoms with Gasteiger partial charge in [0.1, 0.15) is 0 Å². The second kappa shape index (κ2) is 6.37. The van der Waals surface area contributed by atoms with Crippen LogP contribution in [0.2, 0.25) is 0 Å². The lowest BCUT2D eigenvalue weighted by atomic mass is 9.89. The van der Waals surface area contributed by atoms with Crippen LogP contribution in [0.3, 0.4) is 0 Å². The number of likely N-dealkylation sites (tertiary alicyclic amines) is 1. The molecule has 1 amide bonds. The van der Waals surface area contributed by atoms with Crippen molar-refractivity contribution in [2.75, 3.05) is 19.6 Å². The molecule has 0 aromatic rings. The van der Waals surface area contributed by atoms with Crippen molar-refractivity contribution >= 4 is 5.91 Å². The third-order valence-corrected chi connectivity index (χ3v) is 4.73. The van der Waals surface area contributed by atoms with Gasteiger partial charge in [0, 0.05) is 5.57 Å². The zero-order valence-corrected chi connectivity index (χ0v) is 11.4. The highest BCUT2D eigenvalue weighted by atomic mass is 16.1. The Morgan fingerprint density at radius 3 is 2.33 bits per heavy atom. The van der Waals surface area contributed by atoms with Gasteiger partial charge >= 0.3 is 0 Å². The number of nitrogens with two attached hydrogens (primary N) is 1. The summed E-state index contributed by atoms with van der Waals surface area (Å²) in [6.07, 6.45) is 9.21. The minimum Gasteiger partial charge on any atom is -0.366 e. The Hall–Kier alpha value is -0.830. The SMILES string of the molecule is C=C(C(N)=O)C1CCN(CCC2CCCC2)CC1. The summed E-state index contributed by atoms with van der Waals surface area (Å²) in [5.41, 5.74) is 5.92. The van der Waals surface area contributed by atoms with E-state index >= 15 is 0 Å². The molecule has 0 bridgehead atoms. The van der Waals surface area contributed by atoms with Gasteiger partial charge in [0.05, 0.1) is 0 Å². The van der Waals surface area contributed by atoms with Crippen molar-refractivity contribution in [3.63, 3.8) is 0 Å². The molecule has 2 N–H and O–H groups in total. The Morgan fingerprint density at radius 1 is 1.17 bits per heavy atom. The number of hydrogen-bond donors (Lipinski definition) is 1. The Balaban J connectivity index is 1.66. The lowest BCUT2D eigenvalue weighted by Crippen LogP contribution is -2.37. The molecule has 102 valence electrons. The maximum Gasteiger partial charge on any atom is 0.244 e. The summed E-state index contributed by atoms with van der Waals surface area (Å²) in [6.45, 7) is 7.26. The van der Waals surface area contributed by atoms with E-state index in [4.69, 9.17) is 5.73 Å². The number of piperidine rings is 1. The van der Waals surface area contributed by atoms with E-state index in [1.54, 1.807) is 0 Å². The average molecular weight is 250 g/mol. The number of hydrogen-bond acceptors (Lipinski definition) is 2. The van der Waals surface area contributed by atoms with Gasteiger partial charge in [0.2, 0.25) is 5.91 Å². The molecule has 0 aromatic heterocycles. The van der Waals surface area contributed by atoms with Crippen LogP contribution >= 0.6 is 0 Å². The molecule has 3 nitrogen and oxygen atoms in total. The number of rotatable bonds is 5. The maximum absolute atomic E-state index is 11.1. The minimum atomic E-state index is -0.320. The third kappa shape index (κ3) is 3.58. The zero-order valence-electron chi connectivity index (χ0n) is 11.4. The second-order valence-electron chi connectivity index (χ2n) is 5.94. The molecule has 2 fully saturated rings. The molecule has 1 saturated carbocycles. The minimum absolute atomic E-state index is 0.320. The van der Waals surface area contributed by atoms with Crippen molar-refractivity contribution in [3.05, 3.63) is 12.2 Å². The van der Waals surface area contributed by atoms with Crippen molar-refractivity contribution in [3.8, 4) is 0 Å². The molecule has 18 heavy (non-hydrogen) atoms. The molecule has 0 unspecified atom stereocenters. The molecular formula is C15H26N2O. The van der Waals surface area contributed by atoms with E-state index in [9.17, 15) is 4.79 Å². The van der Waals surface area contributed by atoms with Gasteiger partial charge in [-0.3, -0.25) is 4.79 Å². The van der Waals surface area contributed by atoms with E-state index in [0.717, 1.165) is 31.8 Å². The number of amides is 1. The highest BCUT2D eigenvalue weighted by Crippen LogP contribution is 2.29. The fraction of sp³-hybridized carbons (Fsp3) is 0.800. The number of primary amides is 1. The van der Waals surface area contributed by atoms with Gasteiger partial charge < -0.3 is 10.6 Å². The van der Waals surface area contributed by atoms with Gasteiger partial charge in [-0.15, -0.1) is 0 Å². The number of nitrogens with zero attached hydrogens (tertiary/aromatic N) is 1. The van der Waals surface area contributed by atoms with Crippen LogP contribution in [-0.2, 0) is 4.79 Å². The highest BCUT2D eigenvalue weighted by Gasteiger charge is 2.24. The van der Waals surface area contributed by atoms with Crippen LogP contribution in [0.5, 0.6) is 0 Å². The zero-order chi connectivity index (χ0) is 13.0. The van der Waals surface area contributed by atoms with Crippen molar-refractivity contribution < 1.29 is 4.79 Å². The number of carbonyl (C=O) groups is 1. The van der Waals surface area contributed by atoms with Crippen LogP contribution in [-0.4, -0.2) is 30.4 Å². The largest absolute Gasteiger partial charge is 0.366 e. The Morgan fingerprint density at radius 2 is 1.78 bits per heavy atom. The monoisotopic (exact) mass is 250 g/mol. The molecule has 1 aliphatic carbocycles. The first-order valence-electron chi connectivity index (χ1n) is 7.37. The van der Waals surface area contributed by atoms with Gasteiger partial charge in [-0.1, -0.05) is 32.3 Å². The maximum atomic E-state index is 11.1. The van der Waals surface area contributed by atoms with Crippen LogP contribution in [0.4, 0.5) is 0 Å². The first-order valence-corrected chi connectivity index (χ1v) is 7.37. The first-order chi connectivity index (χ1) is 8.66. The van der Waals surface area contributed by atoms with E-state index in [-0.39, 0.29) is 5.91 Å². The molecule has 0 radical (unpaired) electrons. The summed E-state index contributed by atoms with van der Waals surface area (Å²) in [7, 11) is 0. The molecule has 1 heterocycles. The van der Waals surface area contributed by atoms with Crippen molar-refractivity contribution in [2.24, 2.45) is 17.6 Å². The molecular weight excluding hydrogens is 224 g/mol. The predicted octanol–water partition coefficient (Wildman–Crippen LogP) is 2.32. The molecule has 2 rings (SSSR count). The summed E-state index contributed by atoms with van der Waals surface area (Å²) in [4.78, 5) is 13.6. The third-order valence-electron chi connectivity index (χ3n) is 4.73. The second-order valence-corrected chi connectivity index (χ2v) is 5.94. The predicted molar refractivity (Wildman–Crippen MR) is 74.1 cm³/mol. The fourth-order valence-electron chi connectivity index (χ4n) is 3.37. The highest BCUT2D eigenvalue weighted by molar-refractivity contribution is 5.91. The van der Waals surface area contributed by atoms with E-state index in [2.05, 4.69) is 11.5 Å². The summed E-state index contributed by atoms with van der Waals surface area (Å²) in [6, 6.07) is 0. The Kier molecular flexibility index (Phi) is 4.81. The lowest BCUT2D eigenvalue weighted by Gasteiger charge is -2.32. The molecule has 1 saturated heterocycles.